The second kappa shape index (κ2) is 8.27. The van der Waals surface area contributed by atoms with Gasteiger partial charge in [0.05, 0.1) is 6.10 Å². The Hall–Kier alpha value is -0.870. The van der Waals surface area contributed by atoms with Gasteiger partial charge in [-0.3, -0.25) is 4.79 Å². The lowest BCUT2D eigenvalue weighted by molar-refractivity contribution is -0.121. The number of carbonyl (C=O) groups excluding carboxylic acids is 1. The molecule has 1 aliphatic heterocycles. The van der Waals surface area contributed by atoms with E-state index >= 15 is 0 Å². The SMILES string of the molecule is C=CCCC(O)CN1CCC(CC(=O)NC)CC1. The van der Waals surface area contributed by atoms with Gasteiger partial charge in [0.25, 0.3) is 0 Å². The van der Waals surface area contributed by atoms with Gasteiger partial charge in [0, 0.05) is 20.0 Å². The molecule has 0 spiro atoms. The number of carbonyl (C=O) groups is 1. The third-order valence-electron chi connectivity index (χ3n) is 3.63. The van der Waals surface area contributed by atoms with Gasteiger partial charge in [-0.1, -0.05) is 6.08 Å². The highest BCUT2D eigenvalue weighted by Crippen LogP contribution is 2.20. The summed E-state index contributed by atoms with van der Waals surface area (Å²) in [4.78, 5) is 13.6. The highest BCUT2D eigenvalue weighted by Gasteiger charge is 2.22. The molecule has 104 valence electrons. The molecule has 0 aromatic carbocycles. The fourth-order valence-corrected chi connectivity index (χ4v) is 2.44. The minimum atomic E-state index is -0.251. The summed E-state index contributed by atoms with van der Waals surface area (Å²) in [5, 5.41) is 12.5. The van der Waals surface area contributed by atoms with Crippen molar-refractivity contribution >= 4 is 5.91 Å². The van der Waals surface area contributed by atoms with Crippen LogP contribution >= 0.6 is 0 Å². The van der Waals surface area contributed by atoms with Crippen LogP contribution in [0.3, 0.4) is 0 Å². The molecule has 1 unspecified atom stereocenters. The zero-order valence-corrected chi connectivity index (χ0v) is 11.4. The molecule has 4 nitrogen and oxygen atoms in total. The Morgan fingerprint density at radius 2 is 2.22 bits per heavy atom. The van der Waals surface area contributed by atoms with Gasteiger partial charge in [0.1, 0.15) is 0 Å². The average Bonchev–Trinajstić information content (AvgIpc) is 2.38. The molecule has 1 saturated heterocycles. The van der Waals surface area contributed by atoms with Crippen LogP contribution in [-0.4, -0.2) is 48.7 Å². The molecule has 4 heteroatoms. The molecule has 0 aliphatic carbocycles. The van der Waals surface area contributed by atoms with Crippen molar-refractivity contribution in [3.63, 3.8) is 0 Å². The number of rotatable bonds is 7. The molecule has 0 bridgehead atoms. The predicted molar refractivity (Wildman–Crippen MR) is 73.3 cm³/mol. The third kappa shape index (κ3) is 5.65. The van der Waals surface area contributed by atoms with Crippen molar-refractivity contribution in [3.05, 3.63) is 12.7 Å². The minimum absolute atomic E-state index is 0.138. The molecule has 0 aromatic heterocycles. The van der Waals surface area contributed by atoms with E-state index in [1.165, 1.54) is 0 Å². The van der Waals surface area contributed by atoms with Crippen LogP contribution < -0.4 is 5.32 Å². The number of piperidine rings is 1. The second-order valence-electron chi connectivity index (χ2n) is 5.14. The van der Waals surface area contributed by atoms with E-state index in [0.29, 0.717) is 12.3 Å². The Labute approximate surface area is 110 Å². The van der Waals surface area contributed by atoms with Crippen molar-refractivity contribution in [3.8, 4) is 0 Å². The van der Waals surface area contributed by atoms with Crippen LogP contribution in [0.15, 0.2) is 12.7 Å². The Balaban J connectivity index is 2.18. The maximum Gasteiger partial charge on any atom is 0.220 e. The summed E-state index contributed by atoms with van der Waals surface area (Å²) < 4.78 is 0. The van der Waals surface area contributed by atoms with Gasteiger partial charge in [-0.2, -0.15) is 0 Å². The molecule has 1 heterocycles. The first-order valence-electron chi connectivity index (χ1n) is 6.87. The summed E-state index contributed by atoms with van der Waals surface area (Å²) in [7, 11) is 1.69. The molecule has 1 amide bonds. The van der Waals surface area contributed by atoms with E-state index in [1.807, 2.05) is 6.08 Å². The molecule has 18 heavy (non-hydrogen) atoms. The monoisotopic (exact) mass is 254 g/mol. The number of aliphatic hydroxyl groups excluding tert-OH is 1. The molecule has 0 radical (unpaired) electrons. The zero-order valence-electron chi connectivity index (χ0n) is 11.4. The third-order valence-corrected chi connectivity index (χ3v) is 3.63. The summed E-state index contributed by atoms with van der Waals surface area (Å²) in [6.07, 6.45) is 6.01. The van der Waals surface area contributed by atoms with E-state index in [9.17, 15) is 9.90 Å². The van der Waals surface area contributed by atoms with E-state index in [4.69, 9.17) is 0 Å². The standard InChI is InChI=1S/C14H26N2O2/c1-3-4-5-13(17)11-16-8-6-12(7-9-16)10-14(18)15-2/h3,12-13,17H,1,4-11H2,2H3,(H,15,18). The number of nitrogens with zero attached hydrogens (tertiary/aromatic N) is 1. The second-order valence-corrected chi connectivity index (χ2v) is 5.14. The highest BCUT2D eigenvalue weighted by atomic mass is 16.3. The van der Waals surface area contributed by atoms with Crippen molar-refractivity contribution in [1.29, 1.82) is 0 Å². The van der Waals surface area contributed by atoms with Crippen LogP contribution in [0.1, 0.15) is 32.1 Å². The fraction of sp³-hybridized carbons (Fsp3) is 0.786. The molecule has 2 N–H and O–H groups in total. The topological polar surface area (TPSA) is 52.6 Å². The lowest BCUT2D eigenvalue weighted by atomic mass is 9.93. The van der Waals surface area contributed by atoms with Gasteiger partial charge < -0.3 is 15.3 Å². The number of nitrogens with one attached hydrogen (secondary N) is 1. The van der Waals surface area contributed by atoms with Crippen LogP contribution in [-0.2, 0) is 4.79 Å². The number of hydrogen-bond donors (Lipinski definition) is 2. The quantitative estimate of drug-likeness (QED) is 0.670. The van der Waals surface area contributed by atoms with Gasteiger partial charge in [0.2, 0.25) is 5.91 Å². The largest absolute Gasteiger partial charge is 0.392 e. The van der Waals surface area contributed by atoms with Gasteiger partial charge in [0.15, 0.2) is 0 Å². The maximum absolute atomic E-state index is 11.3. The van der Waals surface area contributed by atoms with Crippen molar-refractivity contribution in [2.24, 2.45) is 5.92 Å². The smallest absolute Gasteiger partial charge is 0.220 e. The number of likely N-dealkylation sites (tertiary alicyclic amines) is 1. The van der Waals surface area contributed by atoms with Crippen molar-refractivity contribution < 1.29 is 9.90 Å². The summed E-state index contributed by atoms with van der Waals surface area (Å²) >= 11 is 0. The highest BCUT2D eigenvalue weighted by molar-refractivity contribution is 5.75. The number of β-amino-alcohol motifs (C(OH)–C–C–N with tert-alkyl or cyclic N) is 1. The van der Waals surface area contributed by atoms with Crippen LogP contribution in [0.25, 0.3) is 0 Å². The van der Waals surface area contributed by atoms with Crippen LogP contribution in [0.2, 0.25) is 0 Å². The summed E-state index contributed by atoms with van der Waals surface area (Å²) in [5.74, 6) is 0.644. The Morgan fingerprint density at radius 1 is 1.56 bits per heavy atom. The molecule has 0 aromatic rings. The Bertz CT molecular complexity index is 261. The average molecular weight is 254 g/mol. The molecule has 0 saturated carbocycles. The normalized spacial score (nSPS) is 19.4. The first-order chi connectivity index (χ1) is 8.65. The first kappa shape index (κ1) is 15.2. The zero-order chi connectivity index (χ0) is 13.4. The Morgan fingerprint density at radius 3 is 2.78 bits per heavy atom. The number of amides is 1. The first-order valence-corrected chi connectivity index (χ1v) is 6.87. The van der Waals surface area contributed by atoms with Crippen molar-refractivity contribution in [2.45, 2.75) is 38.2 Å². The summed E-state index contributed by atoms with van der Waals surface area (Å²) in [6.45, 7) is 6.40. The van der Waals surface area contributed by atoms with E-state index in [2.05, 4.69) is 16.8 Å². The van der Waals surface area contributed by atoms with Gasteiger partial charge in [-0.15, -0.1) is 6.58 Å². The van der Waals surface area contributed by atoms with E-state index in [1.54, 1.807) is 7.05 Å². The lowest BCUT2D eigenvalue weighted by Crippen LogP contribution is -2.39. The fourth-order valence-electron chi connectivity index (χ4n) is 2.44. The van der Waals surface area contributed by atoms with Crippen LogP contribution in [0, 0.1) is 5.92 Å². The van der Waals surface area contributed by atoms with Crippen molar-refractivity contribution in [2.75, 3.05) is 26.7 Å². The van der Waals surface area contributed by atoms with Crippen LogP contribution in [0.5, 0.6) is 0 Å². The molecule has 1 atom stereocenters. The molecular formula is C14H26N2O2. The summed E-state index contributed by atoms with van der Waals surface area (Å²) in [5.41, 5.74) is 0. The summed E-state index contributed by atoms with van der Waals surface area (Å²) in [6, 6.07) is 0. The minimum Gasteiger partial charge on any atom is -0.392 e. The van der Waals surface area contributed by atoms with Crippen molar-refractivity contribution in [1.82, 2.24) is 10.2 Å². The molecule has 1 fully saturated rings. The van der Waals surface area contributed by atoms with Gasteiger partial charge >= 0.3 is 0 Å². The number of hydrogen-bond acceptors (Lipinski definition) is 3. The number of allylic oxidation sites excluding steroid dienone is 1. The van der Waals surface area contributed by atoms with E-state index < -0.39 is 0 Å². The molecule has 1 aliphatic rings. The van der Waals surface area contributed by atoms with Gasteiger partial charge in [-0.25, -0.2) is 0 Å². The predicted octanol–water partition coefficient (Wildman–Crippen LogP) is 1.16. The van der Waals surface area contributed by atoms with E-state index in [-0.39, 0.29) is 12.0 Å². The van der Waals surface area contributed by atoms with Gasteiger partial charge in [-0.05, 0) is 44.7 Å². The number of aliphatic hydroxyl groups is 1. The molecule has 1 rings (SSSR count). The Kier molecular flexibility index (Phi) is 6.98. The lowest BCUT2D eigenvalue weighted by Gasteiger charge is -2.32. The van der Waals surface area contributed by atoms with E-state index in [0.717, 1.165) is 45.3 Å². The maximum atomic E-state index is 11.3. The molecular weight excluding hydrogens is 228 g/mol. The van der Waals surface area contributed by atoms with Crippen LogP contribution in [0.4, 0.5) is 0 Å².